The zero-order valence-corrected chi connectivity index (χ0v) is 10.2. The lowest BCUT2D eigenvalue weighted by Gasteiger charge is -2.13. The van der Waals surface area contributed by atoms with E-state index in [-0.39, 0.29) is 12.0 Å². The number of benzene rings is 1. The number of ether oxygens (including phenoxy) is 2. The summed E-state index contributed by atoms with van der Waals surface area (Å²) in [5.41, 5.74) is 1.79. The fraction of sp³-hybridized carbons (Fsp3) is 0.462. The molecule has 1 atom stereocenters. The first-order chi connectivity index (χ1) is 8.20. The molecule has 1 aliphatic heterocycles. The lowest BCUT2D eigenvalue weighted by molar-refractivity contribution is -0.124. The van der Waals surface area contributed by atoms with Crippen molar-refractivity contribution in [1.29, 1.82) is 0 Å². The van der Waals surface area contributed by atoms with E-state index in [4.69, 9.17) is 9.47 Å². The molecule has 0 aromatic heterocycles. The van der Waals surface area contributed by atoms with Gasteiger partial charge in [0.05, 0.1) is 7.11 Å². The van der Waals surface area contributed by atoms with Crippen LogP contribution in [0.15, 0.2) is 18.2 Å². The minimum absolute atomic E-state index is 0.0595. The highest BCUT2D eigenvalue weighted by Gasteiger charge is 2.23. The molecule has 1 N–H and O–H groups in total. The summed E-state index contributed by atoms with van der Waals surface area (Å²) >= 11 is 0. The number of anilines is 1. The molecule has 1 saturated heterocycles. The van der Waals surface area contributed by atoms with Crippen molar-refractivity contribution in [3.05, 3.63) is 23.8 Å². The molecule has 1 aromatic rings. The van der Waals surface area contributed by atoms with E-state index in [0.29, 0.717) is 6.61 Å². The highest BCUT2D eigenvalue weighted by atomic mass is 16.5. The van der Waals surface area contributed by atoms with E-state index < -0.39 is 0 Å². The van der Waals surface area contributed by atoms with Crippen LogP contribution >= 0.6 is 0 Å². The van der Waals surface area contributed by atoms with E-state index in [1.807, 2.05) is 25.1 Å². The summed E-state index contributed by atoms with van der Waals surface area (Å²) in [5, 5.41) is 2.88. The average Bonchev–Trinajstić information content (AvgIpc) is 2.85. The zero-order valence-electron chi connectivity index (χ0n) is 10.2. The molecule has 0 aliphatic carbocycles. The van der Waals surface area contributed by atoms with Gasteiger partial charge in [-0.3, -0.25) is 4.79 Å². The Labute approximate surface area is 101 Å². The van der Waals surface area contributed by atoms with Gasteiger partial charge in [0.25, 0.3) is 5.91 Å². The first kappa shape index (κ1) is 11.9. The molecule has 0 bridgehead atoms. The number of aryl methyl sites for hydroxylation is 1. The minimum atomic E-state index is -0.295. The number of carbonyl (C=O) groups excluding carboxylic acids is 1. The topological polar surface area (TPSA) is 47.6 Å². The molecule has 17 heavy (non-hydrogen) atoms. The summed E-state index contributed by atoms with van der Waals surface area (Å²) in [5.74, 6) is 0.730. The Morgan fingerprint density at radius 1 is 1.53 bits per heavy atom. The third kappa shape index (κ3) is 2.77. The first-order valence-electron chi connectivity index (χ1n) is 5.78. The Balaban J connectivity index is 2.05. The molecule has 1 unspecified atom stereocenters. The monoisotopic (exact) mass is 235 g/mol. The summed E-state index contributed by atoms with van der Waals surface area (Å²) in [6.07, 6.45) is 1.47. The molecule has 1 heterocycles. The summed E-state index contributed by atoms with van der Waals surface area (Å²) in [7, 11) is 1.62. The maximum Gasteiger partial charge on any atom is 0.253 e. The molecule has 2 rings (SSSR count). The summed E-state index contributed by atoms with van der Waals surface area (Å²) < 4.78 is 10.5. The van der Waals surface area contributed by atoms with E-state index in [1.54, 1.807) is 7.11 Å². The number of methoxy groups -OCH3 is 1. The Morgan fingerprint density at radius 3 is 2.94 bits per heavy atom. The standard InChI is InChI=1S/C13H17NO3/c1-9-8-10(16-2)5-6-11(9)14-13(15)12-4-3-7-17-12/h5-6,8,12H,3-4,7H2,1-2H3,(H,14,15). The summed E-state index contributed by atoms with van der Waals surface area (Å²) in [6, 6.07) is 5.57. The Morgan fingerprint density at radius 2 is 2.35 bits per heavy atom. The Kier molecular flexibility index (Phi) is 3.64. The van der Waals surface area contributed by atoms with Crippen LogP contribution in [-0.4, -0.2) is 25.7 Å². The lowest BCUT2D eigenvalue weighted by Crippen LogP contribution is -2.27. The molecular weight excluding hydrogens is 218 g/mol. The van der Waals surface area contributed by atoms with E-state index in [0.717, 1.165) is 29.8 Å². The fourth-order valence-corrected chi connectivity index (χ4v) is 1.90. The van der Waals surface area contributed by atoms with Gasteiger partial charge in [-0.15, -0.1) is 0 Å². The number of amides is 1. The molecule has 92 valence electrons. The molecular formula is C13H17NO3. The van der Waals surface area contributed by atoms with E-state index >= 15 is 0 Å². The maximum absolute atomic E-state index is 11.9. The van der Waals surface area contributed by atoms with Gasteiger partial charge in [-0.05, 0) is 43.5 Å². The van der Waals surface area contributed by atoms with Crippen LogP contribution in [0.2, 0.25) is 0 Å². The minimum Gasteiger partial charge on any atom is -0.497 e. The second kappa shape index (κ2) is 5.19. The largest absolute Gasteiger partial charge is 0.497 e. The molecule has 1 fully saturated rings. The number of carbonyl (C=O) groups is 1. The maximum atomic E-state index is 11.9. The molecule has 1 amide bonds. The van der Waals surface area contributed by atoms with Gasteiger partial charge in [0, 0.05) is 12.3 Å². The fourth-order valence-electron chi connectivity index (χ4n) is 1.90. The summed E-state index contributed by atoms with van der Waals surface area (Å²) in [4.78, 5) is 11.9. The third-order valence-corrected chi connectivity index (χ3v) is 2.91. The predicted octanol–water partition coefficient (Wildman–Crippen LogP) is 2.12. The van der Waals surface area contributed by atoms with Gasteiger partial charge in [-0.1, -0.05) is 0 Å². The van der Waals surface area contributed by atoms with Gasteiger partial charge in [0.1, 0.15) is 11.9 Å². The Hall–Kier alpha value is -1.55. The molecule has 0 saturated carbocycles. The molecule has 0 spiro atoms. The van der Waals surface area contributed by atoms with Crippen LogP contribution in [0.25, 0.3) is 0 Å². The van der Waals surface area contributed by atoms with Gasteiger partial charge >= 0.3 is 0 Å². The second-order valence-electron chi connectivity index (χ2n) is 4.17. The first-order valence-corrected chi connectivity index (χ1v) is 5.78. The molecule has 4 nitrogen and oxygen atoms in total. The average molecular weight is 235 g/mol. The van der Waals surface area contributed by atoms with Gasteiger partial charge < -0.3 is 14.8 Å². The van der Waals surface area contributed by atoms with Crippen LogP contribution < -0.4 is 10.1 Å². The number of hydrogen-bond donors (Lipinski definition) is 1. The third-order valence-electron chi connectivity index (χ3n) is 2.91. The second-order valence-corrected chi connectivity index (χ2v) is 4.17. The predicted molar refractivity (Wildman–Crippen MR) is 65.3 cm³/mol. The van der Waals surface area contributed by atoms with Crippen LogP contribution in [-0.2, 0) is 9.53 Å². The van der Waals surface area contributed by atoms with Crippen molar-refractivity contribution in [1.82, 2.24) is 0 Å². The van der Waals surface area contributed by atoms with Crippen molar-refractivity contribution in [3.63, 3.8) is 0 Å². The molecule has 1 aliphatic rings. The molecule has 1 aromatic carbocycles. The van der Waals surface area contributed by atoms with Crippen LogP contribution in [0.1, 0.15) is 18.4 Å². The summed E-state index contributed by atoms with van der Waals surface area (Å²) in [6.45, 7) is 2.62. The normalized spacial score (nSPS) is 19.1. The van der Waals surface area contributed by atoms with Gasteiger partial charge in [0.15, 0.2) is 0 Å². The number of hydrogen-bond acceptors (Lipinski definition) is 3. The van der Waals surface area contributed by atoms with Gasteiger partial charge in [-0.25, -0.2) is 0 Å². The van der Waals surface area contributed by atoms with Crippen molar-refractivity contribution >= 4 is 11.6 Å². The SMILES string of the molecule is COc1ccc(NC(=O)C2CCCO2)c(C)c1. The number of rotatable bonds is 3. The van der Waals surface area contributed by atoms with Crippen LogP contribution in [0.3, 0.4) is 0 Å². The number of nitrogens with one attached hydrogen (secondary N) is 1. The van der Waals surface area contributed by atoms with Crippen LogP contribution in [0.5, 0.6) is 5.75 Å². The highest BCUT2D eigenvalue weighted by Crippen LogP contribution is 2.22. The van der Waals surface area contributed by atoms with Crippen LogP contribution in [0, 0.1) is 6.92 Å². The van der Waals surface area contributed by atoms with Crippen molar-refractivity contribution in [2.24, 2.45) is 0 Å². The van der Waals surface area contributed by atoms with E-state index in [2.05, 4.69) is 5.32 Å². The smallest absolute Gasteiger partial charge is 0.253 e. The molecule has 0 radical (unpaired) electrons. The van der Waals surface area contributed by atoms with Crippen molar-refractivity contribution < 1.29 is 14.3 Å². The van der Waals surface area contributed by atoms with E-state index in [9.17, 15) is 4.79 Å². The molecule has 4 heteroatoms. The zero-order chi connectivity index (χ0) is 12.3. The van der Waals surface area contributed by atoms with Crippen molar-refractivity contribution in [3.8, 4) is 5.75 Å². The van der Waals surface area contributed by atoms with Gasteiger partial charge in [0.2, 0.25) is 0 Å². The van der Waals surface area contributed by atoms with Crippen molar-refractivity contribution in [2.75, 3.05) is 19.0 Å². The van der Waals surface area contributed by atoms with E-state index in [1.165, 1.54) is 0 Å². The van der Waals surface area contributed by atoms with Crippen molar-refractivity contribution in [2.45, 2.75) is 25.9 Å². The highest BCUT2D eigenvalue weighted by molar-refractivity contribution is 5.95. The lowest BCUT2D eigenvalue weighted by atomic mass is 10.1. The van der Waals surface area contributed by atoms with Crippen LogP contribution in [0.4, 0.5) is 5.69 Å². The quantitative estimate of drug-likeness (QED) is 0.873. The Bertz CT molecular complexity index is 411. The van der Waals surface area contributed by atoms with Gasteiger partial charge in [-0.2, -0.15) is 0 Å².